The van der Waals surface area contributed by atoms with Gasteiger partial charge in [-0.15, -0.1) is 0 Å². The molecule has 2 atom stereocenters. The quantitative estimate of drug-likeness (QED) is 0.510. The molecule has 0 fully saturated rings. The van der Waals surface area contributed by atoms with Crippen molar-refractivity contribution < 1.29 is 22.4 Å². The van der Waals surface area contributed by atoms with Crippen LogP contribution in [0, 0.1) is 0 Å². The van der Waals surface area contributed by atoms with Crippen LogP contribution in [0.25, 0.3) is 11.1 Å². The second-order valence-corrected chi connectivity index (χ2v) is 9.69. The molecule has 0 saturated heterocycles. The molecule has 6 nitrogen and oxygen atoms in total. The molecule has 0 aromatic heterocycles. The van der Waals surface area contributed by atoms with Gasteiger partial charge in [-0.2, -0.15) is 8.42 Å². The van der Waals surface area contributed by atoms with E-state index in [1.165, 1.54) is 0 Å². The van der Waals surface area contributed by atoms with Gasteiger partial charge in [0.1, 0.15) is 0 Å². The summed E-state index contributed by atoms with van der Waals surface area (Å²) in [6.07, 6.45) is -0.425. The van der Waals surface area contributed by atoms with E-state index in [0.29, 0.717) is 5.56 Å². The van der Waals surface area contributed by atoms with E-state index in [4.69, 9.17) is 10.3 Å². The second-order valence-electron chi connectivity index (χ2n) is 5.62. The molecule has 4 N–H and O–H groups in total. The predicted molar refractivity (Wildman–Crippen MR) is 94.4 cm³/mol. The standard InChI is InChI=1S/C16H20NO5PS/c17-16(9-10-24(20,21)22)23(18,19)12-13-5-4-8-15(11-13)14-6-2-1-3-7-14/h1-8,11,16H,9-10,12,17H2,(H,18,19)(H,20,21,22). The first kappa shape index (κ1) is 18.8. The van der Waals surface area contributed by atoms with E-state index in [-0.39, 0.29) is 12.6 Å². The Morgan fingerprint density at radius 1 is 1.04 bits per heavy atom. The van der Waals surface area contributed by atoms with Gasteiger partial charge in [-0.1, -0.05) is 54.6 Å². The monoisotopic (exact) mass is 369 g/mol. The summed E-state index contributed by atoms with van der Waals surface area (Å²) in [4.78, 5) is 10.1. The number of rotatable bonds is 7. The molecule has 0 heterocycles. The lowest BCUT2D eigenvalue weighted by molar-refractivity contribution is 0.456. The van der Waals surface area contributed by atoms with Crippen molar-refractivity contribution in [2.24, 2.45) is 5.73 Å². The fourth-order valence-corrected chi connectivity index (χ4v) is 4.54. The van der Waals surface area contributed by atoms with Crippen LogP contribution in [0.2, 0.25) is 0 Å². The molecule has 2 unspecified atom stereocenters. The molecule has 0 saturated carbocycles. The van der Waals surface area contributed by atoms with Gasteiger partial charge in [-0.3, -0.25) is 9.12 Å². The summed E-state index contributed by atoms with van der Waals surface area (Å²) in [6.45, 7) is 0. The zero-order valence-electron chi connectivity index (χ0n) is 12.9. The highest BCUT2D eigenvalue weighted by atomic mass is 32.2. The van der Waals surface area contributed by atoms with Crippen LogP contribution in [-0.2, 0) is 20.8 Å². The molecular formula is C16H20NO5PS. The largest absolute Gasteiger partial charge is 0.343 e. The highest BCUT2D eigenvalue weighted by Gasteiger charge is 2.29. The molecule has 8 heteroatoms. The van der Waals surface area contributed by atoms with Gasteiger partial charge in [0.2, 0.25) is 7.37 Å². The summed E-state index contributed by atoms with van der Waals surface area (Å²) >= 11 is 0. The summed E-state index contributed by atoms with van der Waals surface area (Å²) in [5, 5.41) is 0. The average molecular weight is 369 g/mol. The minimum atomic E-state index is -4.21. The van der Waals surface area contributed by atoms with Crippen molar-refractivity contribution in [1.29, 1.82) is 0 Å². The molecule has 0 radical (unpaired) electrons. The fourth-order valence-electron chi connectivity index (χ4n) is 2.33. The Kier molecular flexibility index (Phi) is 5.96. The molecular weight excluding hydrogens is 349 g/mol. The highest BCUT2D eigenvalue weighted by molar-refractivity contribution is 7.85. The van der Waals surface area contributed by atoms with Crippen LogP contribution < -0.4 is 5.73 Å². The molecule has 2 aromatic carbocycles. The van der Waals surface area contributed by atoms with Crippen LogP contribution in [0.4, 0.5) is 0 Å². The number of benzene rings is 2. The van der Waals surface area contributed by atoms with Crippen molar-refractivity contribution in [3.63, 3.8) is 0 Å². The Labute approximate surface area is 141 Å². The minimum Gasteiger partial charge on any atom is -0.343 e. The molecule has 0 spiro atoms. The number of nitrogens with two attached hydrogens (primary N) is 1. The smallest absolute Gasteiger partial charge is 0.264 e. The Balaban J connectivity index is 2.13. The Morgan fingerprint density at radius 2 is 1.67 bits per heavy atom. The zero-order valence-corrected chi connectivity index (χ0v) is 14.7. The van der Waals surface area contributed by atoms with Crippen LogP contribution in [0.5, 0.6) is 0 Å². The summed E-state index contributed by atoms with van der Waals surface area (Å²) in [5.41, 5.74) is 8.22. The molecule has 0 bridgehead atoms. The summed E-state index contributed by atoms with van der Waals surface area (Å²) in [6, 6.07) is 16.8. The van der Waals surface area contributed by atoms with Crippen molar-refractivity contribution in [3.05, 3.63) is 60.2 Å². The third kappa shape index (κ3) is 5.54. The summed E-state index contributed by atoms with van der Waals surface area (Å²) < 4.78 is 42.6. The Hall–Kier alpha value is -1.50. The highest BCUT2D eigenvalue weighted by Crippen LogP contribution is 2.48. The van der Waals surface area contributed by atoms with Gasteiger partial charge in [-0.25, -0.2) is 0 Å². The van der Waals surface area contributed by atoms with E-state index in [1.54, 1.807) is 12.1 Å². The third-order valence-corrected chi connectivity index (χ3v) is 6.50. The zero-order chi connectivity index (χ0) is 17.8. The average Bonchev–Trinajstić information content (AvgIpc) is 2.52. The van der Waals surface area contributed by atoms with E-state index in [9.17, 15) is 17.9 Å². The van der Waals surface area contributed by atoms with E-state index in [2.05, 4.69) is 0 Å². The van der Waals surface area contributed by atoms with Crippen molar-refractivity contribution in [2.45, 2.75) is 18.4 Å². The first-order valence-corrected chi connectivity index (χ1v) is 10.9. The molecule has 2 aromatic rings. The van der Waals surface area contributed by atoms with Gasteiger partial charge in [0.15, 0.2) is 0 Å². The first-order valence-electron chi connectivity index (χ1n) is 7.34. The van der Waals surface area contributed by atoms with Crippen molar-refractivity contribution in [2.75, 3.05) is 5.75 Å². The normalized spacial score (nSPS) is 15.6. The van der Waals surface area contributed by atoms with Gasteiger partial charge in [-0.05, 0) is 23.1 Å². The predicted octanol–water partition coefficient (Wildman–Crippen LogP) is 2.69. The van der Waals surface area contributed by atoms with Gasteiger partial charge in [0, 0.05) is 0 Å². The van der Waals surface area contributed by atoms with E-state index < -0.39 is 29.0 Å². The maximum Gasteiger partial charge on any atom is 0.264 e. The van der Waals surface area contributed by atoms with Crippen molar-refractivity contribution >= 4 is 17.5 Å². The lowest BCUT2D eigenvalue weighted by Crippen LogP contribution is -2.24. The minimum absolute atomic E-state index is 0.152. The lowest BCUT2D eigenvalue weighted by atomic mass is 10.0. The molecule has 2 rings (SSSR count). The summed E-state index contributed by atoms with van der Waals surface area (Å²) in [7, 11) is -8.01. The number of hydrogen-bond acceptors (Lipinski definition) is 4. The van der Waals surface area contributed by atoms with Crippen LogP contribution in [0.1, 0.15) is 12.0 Å². The topological polar surface area (TPSA) is 118 Å². The molecule has 0 aliphatic rings. The SMILES string of the molecule is NC(CCS(=O)(=O)O)P(=O)(O)Cc1cccc(-c2ccccc2)c1. The van der Waals surface area contributed by atoms with Crippen LogP contribution in [0.15, 0.2) is 54.6 Å². The van der Waals surface area contributed by atoms with E-state index >= 15 is 0 Å². The van der Waals surface area contributed by atoms with Crippen molar-refractivity contribution in [3.8, 4) is 11.1 Å². The van der Waals surface area contributed by atoms with Crippen LogP contribution >= 0.6 is 7.37 Å². The van der Waals surface area contributed by atoms with Gasteiger partial charge < -0.3 is 10.6 Å². The lowest BCUT2D eigenvalue weighted by Gasteiger charge is -2.19. The molecule has 130 valence electrons. The Bertz CT molecular complexity index is 839. The third-order valence-electron chi connectivity index (χ3n) is 3.63. The first-order chi connectivity index (χ1) is 11.2. The fraction of sp³-hybridized carbons (Fsp3) is 0.250. The van der Waals surface area contributed by atoms with Crippen LogP contribution in [-0.4, -0.2) is 29.4 Å². The second kappa shape index (κ2) is 7.59. The van der Waals surface area contributed by atoms with E-state index in [0.717, 1.165) is 11.1 Å². The maximum absolute atomic E-state index is 12.4. The van der Waals surface area contributed by atoms with Crippen molar-refractivity contribution in [1.82, 2.24) is 0 Å². The summed E-state index contributed by atoms with van der Waals surface area (Å²) in [5.74, 6) is -1.84. The molecule has 0 aliphatic heterocycles. The van der Waals surface area contributed by atoms with Gasteiger partial charge in [0.25, 0.3) is 10.1 Å². The van der Waals surface area contributed by atoms with E-state index in [1.807, 2.05) is 42.5 Å². The molecule has 0 aliphatic carbocycles. The van der Waals surface area contributed by atoms with Gasteiger partial charge >= 0.3 is 0 Å². The van der Waals surface area contributed by atoms with Gasteiger partial charge in [0.05, 0.1) is 17.7 Å². The Morgan fingerprint density at radius 3 is 2.29 bits per heavy atom. The number of hydrogen-bond donors (Lipinski definition) is 3. The maximum atomic E-state index is 12.4. The van der Waals surface area contributed by atoms with Crippen LogP contribution in [0.3, 0.4) is 0 Å². The molecule has 0 amide bonds. The molecule has 24 heavy (non-hydrogen) atoms.